The molecule has 1 saturated carbocycles. The van der Waals surface area contributed by atoms with Gasteiger partial charge in [0.15, 0.2) is 0 Å². The molecule has 104 valence electrons. The van der Waals surface area contributed by atoms with E-state index in [0.29, 0.717) is 18.0 Å². The van der Waals surface area contributed by atoms with E-state index >= 15 is 0 Å². The Morgan fingerprint density at radius 2 is 1.72 bits per heavy atom. The third-order valence-electron chi connectivity index (χ3n) is 4.77. The molecule has 0 aromatic rings. The first-order chi connectivity index (χ1) is 8.03. The van der Waals surface area contributed by atoms with Crippen LogP contribution in [0.15, 0.2) is 0 Å². The van der Waals surface area contributed by atoms with Crippen molar-refractivity contribution in [2.45, 2.75) is 54.0 Å². The number of carbonyl (C=O) groups excluding carboxylic acids is 1. The molecule has 0 spiro atoms. The maximum Gasteiger partial charge on any atom is 0.227 e. The molecule has 1 rings (SSSR count). The van der Waals surface area contributed by atoms with Crippen LogP contribution in [0, 0.1) is 16.7 Å². The quantitative estimate of drug-likeness (QED) is 0.781. The highest BCUT2D eigenvalue weighted by molar-refractivity contribution is 7.80. The zero-order valence-corrected chi connectivity index (χ0v) is 13.2. The average Bonchev–Trinajstić information content (AvgIpc) is 2.55. The van der Waals surface area contributed by atoms with Crippen molar-refractivity contribution >= 4 is 23.1 Å². The SMILES string of the molecule is CC(C)N(CCC(N)=S)C(=O)C1C(C)(C)C1(C)C. The molecule has 0 aliphatic heterocycles. The Bertz CT molecular complexity index is 347. The molecule has 0 radical (unpaired) electrons. The number of rotatable bonds is 5. The van der Waals surface area contributed by atoms with Gasteiger partial charge in [-0.25, -0.2) is 0 Å². The zero-order valence-electron chi connectivity index (χ0n) is 12.4. The first kappa shape index (κ1) is 15.4. The lowest BCUT2D eigenvalue weighted by atomic mass is 10.0. The van der Waals surface area contributed by atoms with Crippen LogP contribution >= 0.6 is 12.2 Å². The van der Waals surface area contributed by atoms with E-state index in [-0.39, 0.29) is 28.7 Å². The Labute approximate surface area is 116 Å². The second-order valence-corrected chi connectivity index (χ2v) is 7.24. The van der Waals surface area contributed by atoms with Crippen LogP contribution in [0.25, 0.3) is 0 Å². The largest absolute Gasteiger partial charge is 0.393 e. The van der Waals surface area contributed by atoms with Gasteiger partial charge in [-0.15, -0.1) is 0 Å². The molecule has 3 nitrogen and oxygen atoms in total. The van der Waals surface area contributed by atoms with Crippen molar-refractivity contribution in [1.29, 1.82) is 0 Å². The zero-order chi connectivity index (χ0) is 14.3. The monoisotopic (exact) mass is 270 g/mol. The van der Waals surface area contributed by atoms with Crippen LogP contribution in [0.4, 0.5) is 0 Å². The number of hydrogen-bond donors (Lipinski definition) is 1. The van der Waals surface area contributed by atoms with Crippen LogP contribution in [0.2, 0.25) is 0 Å². The van der Waals surface area contributed by atoms with Gasteiger partial charge in [0.25, 0.3) is 0 Å². The minimum Gasteiger partial charge on any atom is -0.393 e. The number of nitrogens with zero attached hydrogens (tertiary/aromatic N) is 1. The summed E-state index contributed by atoms with van der Waals surface area (Å²) >= 11 is 4.90. The van der Waals surface area contributed by atoms with E-state index in [1.165, 1.54) is 0 Å². The van der Waals surface area contributed by atoms with Crippen molar-refractivity contribution in [2.75, 3.05) is 6.54 Å². The molecule has 0 saturated heterocycles. The van der Waals surface area contributed by atoms with E-state index in [2.05, 4.69) is 27.7 Å². The van der Waals surface area contributed by atoms with Gasteiger partial charge in [0.1, 0.15) is 0 Å². The third kappa shape index (κ3) is 2.53. The van der Waals surface area contributed by atoms with Crippen LogP contribution in [0.3, 0.4) is 0 Å². The van der Waals surface area contributed by atoms with Crippen molar-refractivity contribution in [1.82, 2.24) is 4.90 Å². The predicted octanol–water partition coefficient (Wildman–Crippen LogP) is 2.58. The molecular formula is C14H26N2OS. The van der Waals surface area contributed by atoms with Gasteiger partial charge in [0, 0.05) is 24.9 Å². The molecule has 0 atom stereocenters. The Morgan fingerprint density at radius 3 is 2.00 bits per heavy atom. The lowest BCUT2D eigenvalue weighted by Gasteiger charge is -2.27. The number of thiocarbonyl (C=S) groups is 1. The Hall–Kier alpha value is -0.640. The normalized spacial score (nSPS) is 20.8. The molecule has 0 aromatic carbocycles. The summed E-state index contributed by atoms with van der Waals surface area (Å²) in [6.07, 6.45) is 0.604. The van der Waals surface area contributed by atoms with Crippen LogP contribution in [0.5, 0.6) is 0 Å². The minimum atomic E-state index is 0.0838. The standard InChI is InChI=1S/C14H26N2OS/c1-9(2)16(8-7-10(15)18)12(17)11-13(3,4)14(11,5)6/h9,11H,7-8H2,1-6H3,(H2,15,18). The maximum atomic E-state index is 12.6. The van der Waals surface area contributed by atoms with E-state index < -0.39 is 0 Å². The first-order valence-electron chi connectivity index (χ1n) is 6.62. The van der Waals surface area contributed by atoms with Crippen LogP contribution < -0.4 is 5.73 Å². The lowest BCUT2D eigenvalue weighted by molar-refractivity contribution is -0.135. The van der Waals surface area contributed by atoms with E-state index in [0.717, 1.165) is 0 Å². The van der Waals surface area contributed by atoms with Crippen molar-refractivity contribution in [3.05, 3.63) is 0 Å². The van der Waals surface area contributed by atoms with Crippen molar-refractivity contribution < 1.29 is 4.79 Å². The molecule has 18 heavy (non-hydrogen) atoms. The summed E-state index contributed by atoms with van der Waals surface area (Å²) in [5.41, 5.74) is 5.70. The molecule has 0 unspecified atom stereocenters. The topological polar surface area (TPSA) is 46.3 Å². The van der Waals surface area contributed by atoms with Gasteiger partial charge >= 0.3 is 0 Å². The average molecular weight is 270 g/mol. The highest BCUT2D eigenvalue weighted by Gasteiger charge is 2.68. The van der Waals surface area contributed by atoms with E-state index in [1.54, 1.807) is 0 Å². The first-order valence-corrected chi connectivity index (χ1v) is 7.03. The van der Waals surface area contributed by atoms with Crippen molar-refractivity contribution in [3.8, 4) is 0 Å². The number of amides is 1. The summed E-state index contributed by atoms with van der Waals surface area (Å²) in [6.45, 7) is 13.4. The fourth-order valence-electron chi connectivity index (χ4n) is 2.83. The summed E-state index contributed by atoms with van der Waals surface area (Å²) in [6, 6.07) is 0.194. The molecule has 4 heteroatoms. The minimum absolute atomic E-state index is 0.0838. The summed E-state index contributed by atoms with van der Waals surface area (Å²) < 4.78 is 0. The highest BCUT2D eigenvalue weighted by atomic mass is 32.1. The predicted molar refractivity (Wildman–Crippen MR) is 79.3 cm³/mol. The smallest absolute Gasteiger partial charge is 0.227 e. The molecule has 0 heterocycles. The fourth-order valence-corrected chi connectivity index (χ4v) is 2.92. The van der Waals surface area contributed by atoms with Gasteiger partial charge in [-0.1, -0.05) is 39.9 Å². The maximum absolute atomic E-state index is 12.6. The van der Waals surface area contributed by atoms with E-state index in [4.69, 9.17) is 18.0 Å². The Balaban J connectivity index is 2.77. The molecule has 1 aliphatic rings. The molecule has 0 bridgehead atoms. The fraction of sp³-hybridized carbons (Fsp3) is 0.857. The summed E-state index contributed by atoms with van der Waals surface area (Å²) in [5.74, 6) is 0.356. The molecule has 1 fully saturated rings. The van der Waals surface area contributed by atoms with E-state index in [9.17, 15) is 4.79 Å². The number of hydrogen-bond acceptors (Lipinski definition) is 2. The summed E-state index contributed by atoms with van der Waals surface area (Å²) in [7, 11) is 0. The molecule has 0 aromatic heterocycles. The van der Waals surface area contributed by atoms with Gasteiger partial charge in [-0.3, -0.25) is 4.79 Å². The van der Waals surface area contributed by atoms with Crippen LogP contribution in [-0.4, -0.2) is 28.4 Å². The van der Waals surface area contributed by atoms with Crippen molar-refractivity contribution in [2.24, 2.45) is 22.5 Å². The van der Waals surface area contributed by atoms with Gasteiger partial charge in [-0.05, 0) is 24.7 Å². The second-order valence-electron chi connectivity index (χ2n) is 6.72. The third-order valence-corrected chi connectivity index (χ3v) is 4.98. The van der Waals surface area contributed by atoms with Crippen LogP contribution in [-0.2, 0) is 4.79 Å². The van der Waals surface area contributed by atoms with Gasteiger partial charge in [-0.2, -0.15) is 0 Å². The van der Waals surface area contributed by atoms with Crippen LogP contribution in [0.1, 0.15) is 48.0 Å². The molecular weight excluding hydrogens is 244 g/mol. The summed E-state index contributed by atoms with van der Waals surface area (Å²) in [5, 5.41) is 0. The molecule has 2 N–H and O–H groups in total. The Morgan fingerprint density at radius 1 is 1.28 bits per heavy atom. The van der Waals surface area contributed by atoms with Gasteiger partial charge in [0.05, 0.1) is 4.99 Å². The van der Waals surface area contributed by atoms with Gasteiger partial charge < -0.3 is 10.6 Å². The number of carbonyl (C=O) groups is 1. The lowest BCUT2D eigenvalue weighted by Crippen LogP contribution is -2.41. The highest BCUT2D eigenvalue weighted by Crippen LogP contribution is 2.68. The van der Waals surface area contributed by atoms with Gasteiger partial charge in [0.2, 0.25) is 5.91 Å². The Kier molecular flexibility index (Phi) is 4.11. The molecule has 1 amide bonds. The van der Waals surface area contributed by atoms with E-state index in [1.807, 2.05) is 18.7 Å². The molecule has 1 aliphatic carbocycles. The van der Waals surface area contributed by atoms with Crippen molar-refractivity contribution in [3.63, 3.8) is 0 Å². The summed E-state index contributed by atoms with van der Waals surface area (Å²) in [4.78, 5) is 15.0. The second kappa shape index (κ2) is 4.80. The number of nitrogens with two attached hydrogens (primary N) is 1.